The van der Waals surface area contributed by atoms with Crippen molar-refractivity contribution in [3.8, 4) is 0 Å². The van der Waals surface area contributed by atoms with E-state index in [1.807, 2.05) is 0 Å². The summed E-state index contributed by atoms with van der Waals surface area (Å²) in [7, 11) is -4.08. The van der Waals surface area contributed by atoms with Crippen LogP contribution in [0.5, 0.6) is 0 Å². The molecular formula is C25H23N3O6S. The molecule has 9 nitrogen and oxygen atoms in total. The Labute approximate surface area is 202 Å². The number of amides is 2. The lowest BCUT2D eigenvalue weighted by atomic mass is 10.1. The molecule has 0 saturated carbocycles. The zero-order chi connectivity index (χ0) is 25.2. The van der Waals surface area contributed by atoms with E-state index in [2.05, 4.69) is 5.32 Å². The van der Waals surface area contributed by atoms with E-state index < -0.39 is 21.7 Å². The van der Waals surface area contributed by atoms with Gasteiger partial charge in [-0.25, -0.2) is 13.2 Å². The Morgan fingerprint density at radius 2 is 1.63 bits per heavy atom. The van der Waals surface area contributed by atoms with E-state index in [-0.39, 0.29) is 45.5 Å². The number of fused-ring (bicyclic) bond motifs is 2. The summed E-state index contributed by atoms with van der Waals surface area (Å²) in [6, 6.07) is 16.5. The molecule has 0 atom stereocenters. The van der Waals surface area contributed by atoms with Crippen LogP contribution in [0.15, 0.2) is 76.5 Å². The first kappa shape index (κ1) is 24.1. The molecule has 0 aliphatic carbocycles. The summed E-state index contributed by atoms with van der Waals surface area (Å²) in [5, 5.41) is 12.2. The number of rotatable bonds is 7. The predicted molar refractivity (Wildman–Crippen MR) is 128 cm³/mol. The first-order chi connectivity index (χ1) is 16.7. The molecule has 180 valence electrons. The summed E-state index contributed by atoms with van der Waals surface area (Å²) in [6.45, 7) is 0.729. The number of carboxylic acids is 1. The van der Waals surface area contributed by atoms with Crippen molar-refractivity contribution in [2.75, 3.05) is 18.0 Å². The summed E-state index contributed by atoms with van der Waals surface area (Å²) in [6.07, 6.45) is 0.166. The van der Waals surface area contributed by atoms with Crippen LogP contribution in [0, 0.1) is 0 Å². The van der Waals surface area contributed by atoms with Crippen molar-refractivity contribution >= 4 is 33.3 Å². The summed E-state index contributed by atoms with van der Waals surface area (Å²) >= 11 is 0. The Kier molecular flexibility index (Phi) is 6.68. The minimum Gasteiger partial charge on any atom is -0.478 e. The van der Waals surface area contributed by atoms with E-state index in [1.54, 1.807) is 30.3 Å². The maximum absolute atomic E-state index is 13.5. The van der Waals surface area contributed by atoms with Gasteiger partial charge in [0.05, 0.1) is 39.6 Å². The second-order valence-corrected chi connectivity index (χ2v) is 9.90. The Bertz CT molecular complexity index is 1420. The quantitative estimate of drug-likeness (QED) is 0.456. The molecule has 1 aliphatic heterocycles. The van der Waals surface area contributed by atoms with Crippen molar-refractivity contribution in [1.82, 2.24) is 5.32 Å². The highest BCUT2D eigenvalue weighted by Gasteiger charge is 2.36. The van der Waals surface area contributed by atoms with Crippen molar-refractivity contribution in [1.29, 1.82) is 0 Å². The molecule has 4 rings (SSSR count). The van der Waals surface area contributed by atoms with E-state index in [0.29, 0.717) is 18.7 Å². The Morgan fingerprint density at radius 1 is 0.943 bits per heavy atom. The zero-order valence-electron chi connectivity index (χ0n) is 18.6. The number of nitrogens with one attached hydrogen (secondary N) is 1. The van der Waals surface area contributed by atoms with Crippen LogP contribution in [0.2, 0.25) is 0 Å². The normalized spacial score (nSPS) is 14.0. The first-order valence-corrected chi connectivity index (χ1v) is 12.3. The highest BCUT2D eigenvalue weighted by atomic mass is 32.2. The van der Waals surface area contributed by atoms with E-state index in [1.165, 1.54) is 41.3 Å². The van der Waals surface area contributed by atoms with Crippen LogP contribution < -0.4 is 16.0 Å². The number of carbonyl (C=O) groups is 3. The lowest BCUT2D eigenvalue weighted by Gasteiger charge is -2.23. The SMILES string of the molecule is NCCNC(=O)Cc1ccc(CN2C(=O)c3ccccc3S(=O)(=O)c3ccc(C(=O)O)cc32)cc1. The Morgan fingerprint density at radius 3 is 2.31 bits per heavy atom. The van der Waals surface area contributed by atoms with Crippen molar-refractivity contribution in [2.24, 2.45) is 5.73 Å². The van der Waals surface area contributed by atoms with Gasteiger partial charge in [-0.1, -0.05) is 36.4 Å². The highest BCUT2D eigenvalue weighted by molar-refractivity contribution is 7.91. The average Bonchev–Trinajstić information content (AvgIpc) is 2.92. The second-order valence-electron chi connectivity index (χ2n) is 8.01. The molecule has 0 radical (unpaired) electrons. The van der Waals surface area contributed by atoms with Gasteiger partial charge in [0.2, 0.25) is 15.7 Å². The van der Waals surface area contributed by atoms with Gasteiger partial charge in [0.1, 0.15) is 0 Å². The molecular weight excluding hydrogens is 470 g/mol. The number of benzene rings is 3. The summed E-state index contributed by atoms with van der Waals surface area (Å²) in [5.41, 5.74) is 6.69. The smallest absolute Gasteiger partial charge is 0.335 e. The van der Waals surface area contributed by atoms with Gasteiger partial charge in [0, 0.05) is 13.1 Å². The monoisotopic (exact) mass is 493 g/mol. The number of carbonyl (C=O) groups excluding carboxylic acids is 2. The number of carboxylic acid groups (broad SMARTS) is 1. The molecule has 0 unspecified atom stereocenters. The molecule has 4 N–H and O–H groups in total. The summed E-state index contributed by atoms with van der Waals surface area (Å²) < 4.78 is 26.8. The van der Waals surface area contributed by atoms with Gasteiger partial charge in [-0.15, -0.1) is 0 Å². The fourth-order valence-electron chi connectivity index (χ4n) is 3.90. The molecule has 2 amide bonds. The van der Waals surface area contributed by atoms with E-state index >= 15 is 0 Å². The van der Waals surface area contributed by atoms with Gasteiger partial charge in [-0.3, -0.25) is 9.59 Å². The number of hydrogen-bond donors (Lipinski definition) is 3. The third-order valence-electron chi connectivity index (χ3n) is 5.63. The number of nitrogens with zero attached hydrogens (tertiary/aromatic N) is 1. The molecule has 0 spiro atoms. The number of nitrogens with two attached hydrogens (primary N) is 1. The van der Waals surface area contributed by atoms with Gasteiger partial charge >= 0.3 is 5.97 Å². The molecule has 0 fully saturated rings. The molecule has 1 heterocycles. The van der Waals surface area contributed by atoms with Crippen LogP contribution in [0.1, 0.15) is 31.8 Å². The molecule has 3 aromatic rings. The Balaban J connectivity index is 1.74. The van der Waals surface area contributed by atoms with Crippen molar-refractivity contribution in [2.45, 2.75) is 22.8 Å². The minimum atomic E-state index is -4.08. The summed E-state index contributed by atoms with van der Waals surface area (Å²) in [5.74, 6) is -1.96. The number of anilines is 1. The fraction of sp³-hybridized carbons (Fsp3) is 0.160. The van der Waals surface area contributed by atoms with Crippen LogP contribution in [0.25, 0.3) is 0 Å². The third kappa shape index (κ3) is 4.79. The van der Waals surface area contributed by atoms with Crippen LogP contribution in [0.4, 0.5) is 5.69 Å². The first-order valence-electron chi connectivity index (χ1n) is 10.8. The molecule has 1 aliphatic rings. The third-order valence-corrected chi connectivity index (χ3v) is 7.49. The van der Waals surface area contributed by atoms with Crippen molar-refractivity contribution in [3.05, 3.63) is 89.0 Å². The molecule has 0 aromatic heterocycles. The maximum Gasteiger partial charge on any atom is 0.335 e. The Hall–Kier alpha value is -4.02. The van der Waals surface area contributed by atoms with Crippen LogP contribution in [-0.4, -0.2) is 44.4 Å². The second kappa shape index (κ2) is 9.69. The molecule has 3 aromatic carbocycles. The predicted octanol–water partition coefficient (Wildman–Crippen LogP) is 2.00. The number of hydrogen-bond acceptors (Lipinski definition) is 6. The number of sulfone groups is 1. The van der Waals surface area contributed by atoms with Gasteiger partial charge in [0.25, 0.3) is 5.91 Å². The zero-order valence-corrected chi connectivity index (χ0v) is 19.4. The molecule has 0 bridgehead atoms. The minimum absolute atomic E-state index is 0.00158. The van der Waals surface area contributed by atoms with E-state index in [9.17, 15) is 27.9 Å². The molecule has 0 saturated heterocycles. The summed E-state index contributed by atoms with van der Waals surface area (Å²) in [4.78, 5) is 38.1. The largest absolute Gasteiger partial charge is 0.478 e. The van der Waals surface area contributed by atoms with E-state index in [4.69, 9.17) is 5.73 Å². The van der Waals surface area contributed by atoms with Gasteiger partial charge in [-0.2, -0.15) is 0 Å². The van der Waals surface area contributed by atoms with Crippen molar-refractivity contribution < 1.29 is 27.9 Å². The van der Waals surface area contributed by atoms with Crippen LogP contribution >= 0.6 is 0 Å². The van der Waals surface area contributed by atoms with Crippen LogP contribution in [-0.2, 0) is 27.6 Å². The van der Waals surface area contributed by atoms with Gasteiger partial charge in [-0.05, 0) is 41.5 Å². The highest BCUT2D eigenvalue weighted by Crippen LogP contribution is 2.38. The molecule has 35 heavy (non-hydrogen) atoms. The van der Waals surface area contributed by atoms with Crippen molar-refractivity contribution in [3.63, 3.8) is 0 Å². The lowest BCUT2D eigenvalue weighted by molar-refractivity contribution is -0.120. The van der Waals surface area contributed by atoms with Gasteiger partial charge < -0.3 is 21.1 Å². The van der Waals surface area contributed by atoms with Crippen LogP contribution in [0.3, 0.4) is 0 Å². The lowest BCUT2D eigenvalue weighted by Crippen LogP contribution is -2.31. The fourth-order valence-corrected chi connectivity index (χ4v) is 5.53. The molecule has 10 heteroatoms. The maximum atomic E-state index is 13.5. The topological polar surface area (TPSA) is 147 Å². The average molecular weight is 494 g/mol. The van der Waals surface area contributed by atoms with Gasteiger partial charge in [0.15, 0.2) is 0 Å². The van der Waals surface area contributed by atoms with E-state index in [0.717, 1.165) is 5.56 Å². The standard InChI is InChI=1S/C25H23N3O6S/c26-11-12-27-23(29)13-16-5-7-17(8-6-16)15-28-20-14-18(25(31)32)9-10-22(20)35(33,34)21-4-2-1-3-19(21)24(28)30/h1-10,14H,11-13,15,26H2,(H,27,29)(H,31,32). The number of aromatic carboxylic acids is 1.